The van der Waals surface area contributed by atoms with Crippen molar-refractivity contribution in [2.24, 2.45) is 0 Å². The second-order valence-corrected chi connectivity index (χ2v) is 3.62. The molecule has 0 aliphatic rings. The molecule has 2 aromatic rings. The Bertz CT molecular complexity index is 446. The van der Waals surface area contributed by atoms with Crippen molar-refractivity contribution in [2.75, 3.05) is 0 Å². The van der Waals surface area contributed by atoms with Gasteiger partial charge in [0.1, 0.15) is 0 Å². The lowest BCUT2D eigenvalue weighted by Crippen LogP contribution is -1.99. The van der Waals surface area contributed by atoms with Crippen LogP contribution in [-0.2, 0) is 0 Å². The Morgan fingerprint density at radius 3 is 2.58 bits per heavy atom. The van der Waals surface area contributed by atoms with Crippen LogP contribution in [0.5, 0.6) is 0 Å². The zero-order valence-corrected chi connectivity index (χ0v) is 8.16. The molecular weight excluding hydrogens is 243 g/mol. The van der Waals surface area contributed by atoms with Gasteiger partial charge in [0.05, 0.1) is 16.1 Å². The molecule has 0 saturated carbocycles. The third-order valence-electron chi connectivity index (χ3n) is 1.58. The van der Waals surface area contributed by atoms with Gasteiger partial charge >= 0.3 is 5.69 Å². The van der Waals surface area contributed by atoms with E-state index in [0.29, 0.717) is 16.1 Å². The Kier molecular flexibility index (Phi) is 1.73. The average molecular weight is 247 g/mol. The minimum absolute atomic E-state index is 0.251. The van der Waals surface area contributed by atoms with E-state index in [2.05, 4.69) is 25.9 Å². The van der Waals surface area contributed by atoms with Crippen LogP contribution in [0.15, 0.2) is 21.4 Å². The molecule has 0 bridgehead atoms. The van der Waals surface area contributed by atoms with Crippen LogP contribution >= 0.6 is 27.5 Å². The molecule has 1 aromatic carbocycles. The topological polar surface area (TPSA) is 48.6 Å². The van der Waals surface area contributed by atoms with E-state index in [-0.39, 0.29) is 5.69 Å². The first-order chi connectivity index (χ1) is 5.68. The van der Waals surface area contributed by atoms with Crippen LogP contribution in [0.3, 0.4) is 0 Å². The van der Waals surface area contributed by atoms with Gasteiger partial charge in [0.15, 0.2) is 0 Å². The molecule has 1 aromatic heterocycles. The SMILES string of the molecule is O=c1[nH]c2c(Cl)ccc(Br)c2[nH]1. The highest BCUT2D eigenvalue weighted by molar-refractivity contribution is 9.10. The van der Waals surface area contributed by atoms with Crippen LogP contribution in [0.4, 0.5) is 0 Å². The Morgan fingerprint density at radius 2 is 1.92 bits per heavy atom. The predicted molar refractivity (Wildman–Crippen MR) is 51.6 cm³/mol. The van der Waals surface area contributed by atoms with E-state index in [9.17, 15) is 4.79 Å². The lowest BCUT2D eigenvalue weighted by atomic mass is 10.3. The molecule has 2 rings (SSSR count). The number of hydrogen-bond acceptors (Lipinski definition) is 1. The van der Waals surface area contributed by atoms with E-state index in [1.165, 1.54) is 0 Å². The first kappa shape index (κ1) is 7.89. The molecule has 12 heavy (non-hydrogen) atoms. The van der Waals surface area contributed by atoms with Crippen LogP contribution < -0.4 is 5.69 Å². The second-order valence-electron chi connectivity index (χ2n) is 2.36. The molecule has 0 spiro atoms. The molecule has 0 fully saturated rings. The van der Waals surface area contributed by atoms with Crippen LogP contribution in [0.25, 0.3) is 11.0 Å². The largest absolute Gasteiger partial charge is 0.323 e. The molecule has 3 nitrogen and oxygen atoms in total. The number of hydrogen-bond donors (Lipinski definition) is 2. The number of imidazole rings is 1. The van der Waals surface area contributed by atoms with Gasteiger partial charge < -0.3 is 9.97 Å². The third-order valence-corrected chi connectivity index (χ3v) is 2.56. The van der Waals surface area contributed by atoms with Crippen molar-refractivity contribution >= 4 is 38.6 Å². The fourth-order valence-corrected chi connectivity index (χ4v) is 1.69. The van der Waals surface area contributed by atoms with Gasteiger partial charge in [0.25, 0.3) is 0 Å². The molecule has 62 valence electrons. The van der Waals surface area contributed by atoms with Gasteiger partial charge in [-0.2, -0.15) is 0 Å². The number of nitrogens with one attached hydrogen (secondary N) is 2. The van der Waals surface area contributed by atoms with Gasteiger partial charge in [0, 0.05) is 4.47 Å². The highest BCUT2D eigenvalue weighted by Crippen LogP contribution is 2.25. The Labute approximate surface area is 80.9 Å². The lowest BCUT2D eigenvalue weighted by Gasteiger charge is -1.94. The molecule has 0 amide bonds. The fourth-order valence-electron chi connectivity index (χ4n) is 1.05. The molecule has 0 atom stereocenters. The van der Waals surface area contributed by atoms with E-state index in [1.54, 1.807) is 12.1 Å². The van der Waals surface area contributed by atoms with Crippen LogP contribution in [0, 0.1) is 0 Å². The number of fused-ring (bicyclic) bond motifs is 1. The summed E-state index contributed by atoms with van der Waals surface area (Å²) in [5.41, 5.74) is 1.09. The van der Waals surface area contributed by atoms with Gasteiger partial charge in [-0.3, -0.25) is 0 Å². The van der Waals surface area contributed by atoms with Crippen molar-refractivity contribution in [3.63, 3.8) is 0 Å². The average Bonchev–Trinajstić information content (AvgIpc) is 2.41. The van der Waals surface area contributed by atoms with Crippen molar-refractivity contribution < 1.29 is 0 Å². The zero-order chi connectivity index (χ0) is 8.72. The molecule has 5 heteroatoms. The van der Waals surface area contributed by atoms with Gasteiger partial charge in [-0.05, 0) is 28.1 Å². The minimum atomic E-state index is -0.251. The number of aromatic nitrogens is 2. The number of benzene rings is 1. The monoisotopic (exact) mass is 246 g/mol. The van der Waals surface area contributed by atoms with E-state index in [0.717, 1.165) is 4.47 Å². The molecule has 0 aliphatic carbocycles. The predicted octanol–water partition coefficient (Wildman–Crippen LogP) is 2.27. The quantitative estimate of drug-likeness (QED) is 0.737. The summed E-state index contributed by atoms with van der Waals surface area (Å²) >= 11 is 9.13. The first-order valence-corrected chi connectivity index (χ1v) is 4.41. The maximum atomic E-state index is 10.9. The number of aromatic amines is 2. The third kappa shape index (κ3) is 1.07. The van der Waals surface area contributed by atoms with Crippen LogP contribution in [0.2, 0.25) is 5.02 Å². The summed E-state index contributed by atoms with van der Waals surface area (Å²) in [6.07, 6.45) is 0. The van der Waals surface area contributed by atoms with Crippen molar-refractivity contribution in [2.45, 2.75) is 0 Å². The van der Waals surface area contributed by atoms with Gasteiger partial charge in [-0.15, -0.1) is 0 Å². The summed E-state index contributed by atoms with van der Waals surface area (Å²) in [6.45, 7) is 0. The minimum Gasteiger partial charge on any atom is -0.305 e. The van der Waals surface area contributed by atoms with Crippen LogP contribution in [0.1, 0.15) is 0 Å². The number of rotatable bonds is 0. The number of H-pyrrole nitrogens is 2. The second kappa shape index (κ2) is 2.64. The highest BCUT2D eigenvalue weighted by atomic mass is 79.9. The summed E-state index contributed by atoms with van der Waals surface area (Å²) in [5.74, 6) is 0. The summed E-state index contributed by atoms with van der Waals surface area (Å²) in [5, 5.41) is 0.534. The first-order valence-electron chi connectivity index (χ1n) is 3.24. The molecule has 0 radical (unpaired) electrons. The van der Waals surface area contributed by atoms with Crippen molar-refractivity contribution in [3.8, 4) is 0 Å². The number of halogens is 2. The zero-order valence-electron chi connectivity index (χ0n) is 5.82. The molecule has 2 N–H and O–H groups in total. The van der Waals surface area contributed by atoms with E-state index in [4.69, 9.17) is 11.6 Å². The molecule has 0 aliphatic heterocycles. The Morgan fingerprint density at radius 1 is 1.25 bits per heavy atom. The van der Waals surface area contributed by atoms with Crippen molar-refractivity contribution in [1.82, 2.24) is 9.97 Å². The molecule has 0 unspecified atom stereocenters. The van der Waals surface area contributed by atoms with E-state index >= 15 is 0 Å². The van der Waals surface area contributed by atoms with Gasteiger partial charge in [-0.1, -0.05) is 11.6 Å². The van der Waals surface area contributed by atoms with Crippen LogP contribution in [-0.4, -0.2) is 9.97 Å². The maximum Gasteiger partial charge on any atom is 0.323 e. The van der Waals surface area contributed by atoms with E-state index in [1.807, 2.05) is 0 Å². The lowest BCUT2D eigenvalue weighted by molar-refractivity contribution is 1.21. The smallest absolute Gasteiger partial charge is 0.305 e. The normalized spacial score (nSPS) is 10.8. The molecule has 1 heterocycles. The molecule has 0 saturated heterocycles. The summed E-state index contributed by atoms with van der Waals surface area (Å²) in [6, 6.07) is 3.51. The highest BCUT2D eigenvalue weighted by Gasteiger charge is 2.05. The summed E-state index contributed by atoms with van der Waals surface area (Å²) in [7, 11) is 0. The van der Waals surface area contributed by atoms with Crippen molar-refractivity contribution in [3.05, 3.63) is 32.1 Å². The Hall–Kier alpha value is -0.740. The van der Waals surface area contributed by atoms with E-state index < -0.39 is 0 Å². The Balaban J connectivity index is 3.03. The van der Waals surface area contributed by atoms with Gasteiger partial charge in [-0.25, -0.2) is 4.79 Å². The summed E-state index contributed by atoms with van der Waals surface area (Å²) < 4.78 is 0.820. The standard InChI is InChI=1S/C7H4BrClN2O/c8-3-1-2-4(9)6-5(3)10-7(12)11-6/h1-2H,(H2,10,11,12). The molecular formula is C7H4BrClN2O. The van der Waals surface area contributed by atoms with Crippen molar-refractivity contribution in [1.29, 1.82) is 0 Å². The summed E-state index contributed by atoms with van der Waals surface area (Å²) in [4.78, 5) is 16.1. The fraction of sp³-hybridized carbons (Fsp3) is 0. The van der Waals surface area contributed by atoms with Gasteiger partial charge in [0.2, 0.25) is 0 Å². The maximum absolute atomic E-state index is 10.9.